The van der Waals surface area contributed by atoms with Crippen molar-refractivity contribution in [3.8, 4) is 0 Å². The average Bonchev–Trinajstić information content (AvgIpc) is 2.46. The Morgan fingerprint density at radius 2 is 1.95 bits per heavy atom. The zero-order valence-electron chi connectivity index (χ0n) is 11.7. The lowest BCUT2D eigenvalue weighted by Gasteiger charge is -2.19. The van der Waals surface area contributed by atoms with Gasteiger partial charge in [-0.1, -0.05) is 36.4 Å². The number of carbonyl (C=O) groups is 1. The minimum Gasteiger partial charge on any atom is -0.468 e. The Morgan fingerprint density at radius 3 is 2.60 bits per heavy atom. The quantitative estimate of drug-likeness (QED) is 0.816. The monoisotopic (exact) mass is 273 g/mol. The molecule has 0 amide bonds. The van der Waals surface area contributed by atoms with E-state index in [0.717, 1.165) is 10.9 Å². The summed E-state index contributed by atoms with van der Waals surface area (Å²) in [5.74, 6) is -0.458. The SMILES string of the molecule is COC(=O)[C@@H](NCc1ccc2ccccc2c1)[C@@H](C)O. The zero-order valence-corrected chi connectivity index (χ0v) is 11.7. The summed E-state index contributed by atoms with van der Waals surface area (Å²) in [4.78, 5) is 11.5. The van der Waals surface area contributed by atoms with E-state index in [1.807, 2.05) is 30.3 Å². The molecule has 20 heavy (non-hydrogen) atoms. The molecule has 2 aromatic rings. The maximum absolute atomic E-state index is 11.5. The molecule has 0 aliphatic heterocycles. The molecule has 2 atom stereocenters. The predicted molar refractivity (Wildman–Crippen MR) is 78.3 cm³/mol. The van der Waals surface area contributed by atoms with Gasteiger partial charge in [-0.05, 0) is 29.3 Å². The number of methoxy groups -OCH3 is 1. The summed E-state index contributed by atoms with van der Waals surface area (Å²) in [6, 6.07) is 13.5. The van der Waals surface area contributed by atoms with Crippen molar-refractivity contribution in [2.24, 2.45) is 0 Å². The first kappa shape index (κ1) is 14.5. The lowest BCUT2D eigenvalue weighted by atomic mass is 10.1. The van der Waals surface area contributed by atoms with E-state index in [-0.39, 0.29) is 0 Å². The van der Waals surface area contributed by atoms with Crippen LogP contribution in [0.4, 0.5) is 0 Å². The van der Waals surface area contributed by atoms with E-state index in [1.54, 1.807) is 6.92 Å². The molecule has 2 rings (SSSR count). The summed E-state index contributed by atoms with van der Waals surface area (Å²) < 4.78 is 4.67. The van der Waals surface area contributed by atoms with Crippen LogP contribution in [0.3, 0.4) is 0 Å². The molecule has 106 valence electrons. The summed E-state index contributed by atoms with van der Waals surface area (Å²) >= 11 is 0. The Hall–Kier alpha value is -1.91. The molecule has 0 aromatic heterocycles. The summed E-state index contributed by atoms with van der Waals surface area (Å²) in [7, 11) is 1.31. The number of nitrogens with one attached hydrogen (secondary N) is 1. The number of fused-ring (bicyclic) bond motifs is 1. The minimum atomic E-state index is -0.803. The van der Waals surface area contributed by atoms with Crippen LogP contribution in [0.1, 0.15) is 12.5 Å². The van der Waals surface area contributed by atoms with Crippen LogP contribution in [-0.4, -0.2) is 30.3 Å². The van der Waals surface area contributed by atoms with Crippen molar-refractivity contribution in [1.82, 2.24) is 5.32 Å². The molecule has 0 saturated heterocycles. The zero-order chi connectivity index (χ0) is 14.5. The van der Waals surface area contributed by atoms with Crippen LogP contribution in [-0.2, 0) is 16.1 Å². The van der Waals surface area contributed by atoms with Crippen LogP contribution >= 0.6 is 0 Å². The molecule has 0 spiro atoms. The van der Waals surface area contributed by atoms with Gasteiger partial charge in [0.05, 0.1) is 13.2 Å². The van der Waals surface area contributed by atoms with Gasteiger partial charge in [0.1, 0.15) is 6.04 Å². The van der Waals surface area contributed by atoms with Crippen molar-refractivity contribution in [3.63, 3.8) is 0 Å². The normalized spacial score (nSPS) is 13.9. The number of esters is 1. The van der Waals surface area contributed by atoms with Crippen molar-refractivity contribution in [2.45, 2.75) is 25.6 Å². The molecule has 0 aliphatic carbocycles. The van der Waals surface area contributed by atoms with Gasteiger partial charge in [0, 0.05) is 6.54 Å². The molecule has 0 saturated carbocycles. The maximum Gasteiger partial charge on any atom is 0.325 e. The molecule has 4 nitrogen and oxygen atoms in total. The first-order valence-corrected chi connectivity index (χ1v) is 6.59. The Morgan fingerprint density at radius 1 is 1.25 bits per heavy atom. The van der Waals surface area contributed by atoms with Crippen molar-refractivity contribution >= 4 is 16.7 Å². The van der Waals surface area contributed by atoms with Crippen LogP contribution in [0, 0.1) is 0 Å². The third-order valence-electron chi connectivity index (χ3n) is 3.28. The smallest absolute Gasteiger partial charge is 0.325 e. The molecule has 0 unspecified atom stereocenters. The minimum absolute atomic E-state index is 0.458. The molecule has 2 aromatic carbocycles. The van der Waals surface area contributed by atoms with Gasteiger partial charge in [-0.3, -0.25) is 10.1 Å². The Kier molecular flexibility index (Phi) is 4.71. The second-order valence-electron chi connectivity index (χ2n) is 4.80. The van der Waals surface area contributed by atoms with Gasteiger partial charge in [-0.25, -0.2) is 0 Å². The second-order valence-corrected chi connectivity index (χ2v) is 4.80. The van der Waals surface area contributed by atoms with Gasteiger partial charge in [-0.2, -0.15) is 0 Å². The Bertz CT molecular complexity index is 595. The van der Waals surface area contributed by atoms with Crippen LogP contribution in [0.2, 0.25) is 0 Å². The lowest BCUT2D eigenvalue weighted by Crippen LogP contribution is -2.45. The van der Waals surface area contributed by atoms with E-state index in [4.69, 9.17) is 0 Å². The molecule has 0 bridgehead atoms. The summed E-state index contributed by atoms with van der Waals surface area (Å²) in [5.41, 5.74) is 1.05. The second kappa shape index (κ2) is 6.50. The number of aliphatic hydroxyl groups is 1. The fourth-order valence-corrected chi connectivity index (χ4v) is 2.15. The van der Waals surface area contributed by atoms with E-state index >= 15 is 0 Å². The number of hydrogen-bond donors (Lipinski definition) is 2. The lowest BCUT2D eigenvalue weighted by molar-refractivity contribution is -0.145. The van der Waals surface area contributed by atoms with Gasteiger partial charge >= 0.3 is 5.97 Å². The van der Waals surface area contributed by atoms with Crippen LogP contribution in [0.5, 0.6) is 0 Å². The third-order valence-corrected chi connectivity index (χ3v) is 3.28. The van der Waals surface area contributed by atoms with Crippen molar-refractivity contribution in [3.05, 3.63) is 48.0 Å². The number of aliphatic hydroxyl groups excluding tert-OH is 1. The van der Waals surface area contributed by atoms with Crippen LogP contribution < -0.4 is 5.32 Å². The van der Waals surface area contributed by atoms with Gasteiger partial charge in [0.2, 0.25) is 0 Å². The van der Waals surface area contributed by atoms with Crippen molar-refractivity contribution < 1.29 is 14.6 Å². The third kappa shape index (κ3) is 3.35. The number of hydrogen-bond acceptors (Lipinski definition) is 4. The van der Waals surface area contributed by atoms with E-state index in [1.165, 1.54) is 12.5 Å². The highest BCUT2D eigenvalue weighted by atomic mass is 16.5. The Labute approximate surface area is 118 Å². The van der Waals surface area contributed by atoms with Crippen molar-refractivity contribution in [1.29, 1.82) is 0 Å². The highest BCUT2D eigenvalue weighted by Crippen LogP contribution is 2.15. The van der Waals surface area contributed by atoms with Crippen LogP contribution in [0.25, 0.3) is 10.8 Å². The van der Waals surface area contributed by atoms with Gasteiger partial charge in [0.25, 0.3) is 0 Å². The molecular weight excluding hydrogens is 254 g/mol. The van der Waals surface area contributed by atoms with Crippen molar-refractivity contribution in [2.75, 3.05) is 7.11 Å². The standard InChI is InChI=1S/C16H19NO3/c1-11(18)15(16(19)20-2)17-10-12-7-8-13-5-3-4-6-14(13)9-12/h3-9,11,15,17-18H,10H2,1-2H3/t11-,15+/m1/s1. The molecule has 2 N–H and O–H groups in total. The summed E-state index contributed by atoms with van der Waals surface area (Å²) in [5, 5.41) is 15.0. The predicted octanol–water partition coefficient (Wildman–Crippen LogP) is 1.85. The molecule has 0 radical (unpaired) electrons. The Balaban J connectivity index is 2.09. The molecule has 4 heteroatoms. The number of carbonyl (C=O) groups excluding carboxylic acids is 1. The summed E-state index contributed by atoms with van der Waals surface area (Å²) in [6.45, 7) is 2.06. The number of ether oxygens (including phenoxy) is 1. The van der Waals surface area contributed by atoms with E-state index < -0.39 is 18.1 Å². The average molecular weight is 273 g/mol. The first-order chi connectivity index (χ1) is 9.61. The highest BCUT2D eigenvalue weighted by Gasteiger charge is 2.23. The van der Waals surface area contributed by atoms with E-state index in [9.17, 15) is 9.90 Å². The molecular formula is C16H19NO3. The van der Waals surface area contributed by atoms with E-state index in [2.05, 4.69) is 22.2 Å². The number of rotatable bonds is 5. The largest absolute Gasteiger partial charge is 0.468 e. The van der Waals surface area contributed by atoms with Crippen LogP contribution in [0.15, 0.2) is 42.5 Å². The molecule has 0 aliphatic rings. The molecule has 0 heterocycles. The fraction of sp³-hybridized carbons (Fsp3) is 0.312. The summed E-state index contributed by atoms with van der Waals surface area (Å²) in [6.07, 6.45) is -0.803. The van der Waals surface area contributed by atoms with Gasteiger partial charge in [0.15, 0.2) is 0 Å². The van der Waals surface area contributed by atoms with E-state index in [0.29, 0.717) is 6.54 Å². The van der Waals surface area contributed by atoms with Gasteiger partial charge in [-0.15, -0.1) is 0 Å². The topological polar surface area (TPSA) is 58.6 Å². The molecule has 0 fully saturated rings. The van der Waals surface area contributed by atoms with Gasteiger partial charge < -0.3 is 9.84 Å². The first-order valence-electron chi connectivity index (χ1n) is 6.59. The number of benzene rings is 2. The fourth-order valence-electron chi connectivity index (χ4n) is 2.15. The highest BCUT2D eigenvalue weighted by molar-refractivity contribution is 5.83. The maximum atomic E-state index is 11.5.